The standard InChI is InChI=1S/C34H49FN4O5/c1-5-13-28(34(44)37-29(32(42)30(40)14-6-2)22-26-17-11-8-12-18-26)36-33(43)27(21-25-15-9-7-10-16-25)23-31(41)39(4)20-19-38(3)24-35/h1-2,7,9-10,15-16,26-30,32,40,42H,8,11-14,17-24H2,3-4H3,(H,36,43)(H,37,44). The molecular weight excluding hydrogens is 563 g/mol. The van der Waals surface area contributed by atoms with Crippen molar-refractivity contribution in [2.45, 2.75) is 88.5 Å². The van der Waals surface area contributed by atoms with Crippen molar-refractivity contribution in [3.63, 3.8) is 0 Å². The molecular formula is C34H49FN4O5. The Morgan fingerprint density at radius 1 is 0.977 bits per heavy atom. The topological polar surface area (TPSA) is 122 Å². The second-order valence-corrected chi connectivity index (χ2v) is 11.9. The maximum Gasteiger partial charge on any atom is 0.243 e. The van der Waals surface area contributed by atoms with Gasteiger partial charge in [0.2, 0.25) is 17.7 Å². The fourth-order valence-corrected chi connectivity index (χ4v) is 5.50. The van der Waals surface area contributed by atoms with E-state index < -0.39 is 48.8 Å². The van der Waals surface area contributed by atoms with Crippen LogP contribution in [0.5, 0.6) is 0 Å². The molecule has 44 heavy (non-hydrogen) atoms. The molecule has 0 radical (unpaired) electrons. The van der Waals surface area contributed by atoms with Gasteiger partial charge in [-0.15, -0.1) is 24.7 Å². The van der Waals surface area contributed by atoms with Crippen LogP contribution in [0.25, 0.3) is 0 Å². The average molecular weight is 613 g/mol. The first-order chi connectivity index (χ1) is 21.1. The van der Waals surface area contributed by atoms with Crippen LogP contribution in [0, 0.1) is 36.5 Å². The SMILES string of the molecule is C#CCC(NC(=O)C(CC(=O)N(C)CCN(C)CF)Cc1ccccc1)C(=O)NC(CC1CCCCC1)C(O)C(O)CC#C. The molecule has 1 aromatic rings. The lowest BCUT2D eigenvalue weighted by molar-refractivity contribution is -0.137. The highest BCUT2D eigenvalue weighted by Gasteiger charge is 2.33. The van der Waals surface area contributed by atoms with Gasteiger partial charge in [-0.25, -0.2) is 4.39 Å². The zero-order valence-electron chi connectivity index (χ0n) is 26.1. The first-order valence-electron chi connectivity index (χ1n) is 15.5. The summed E-state index contributed by atoms with van der Waals surface area (Å²) in [6.45, 7) is -0.0129. The number of amides is 3. The van der Waals surface area contributed by atoms with Crippen LogP contribution in [0.2, 0.25) is 0 Å². The minimum Gasteiger partial charge on any atom is -0.389 e. The molecule has 4 N–H and O–H groups in total. The minimum atomic E-state index is -1.30. The molecule has 1 aliphatic rings. The molecule has 5 atom stereocenters. The summed E-state index contributed by atoms with van der Waals surface area (Å²) < 4.78 is 12.8. The molecule has 0 bridgehead atoms. The van der Waals surface area contributed by atoms with E-state index in [1.165, 1.54) is 9.80 Å². The van der Waals surface area contributed by atoms with Gasteiger partial charge in [-0.1, -0.05) is 62.4 Å². The summed E-state index contributed by atoms with van der Waals surface area (Å²) in [5.41, 5.74) is 0.844. The molecule has 5 unspecified atom stereocenters. The van der Waals surface area contributed by atoms with E-state index in [1.54, 1.807) is 14.1 Å². The molecule has 242 valence electrons. The zero-order valence-corrected chi connectivity index (χ0v) is 26.1. The second kappa shape index (κ2) is 19.8. The maximum absolute atomic E-state index is 13.6. The van der Waals surface area contributed by atoms with Gasteiger partial charge in [-0.3, -0.25) is 19.3 Å². The summed E-state index contributed by atoms with van der Waals surface area (Å²) in [6.07, 6.45) is 14.0. The summed E-state index contributed by atoms with van der Waals surface area (Å²) in [4.78, 5) is 43.1. The fourth-order valence-electron chi connectivity index (χ4n) is 5.50. The van der Waals surface area contributed by atoms with Gasteiger partial charge in [0.05, 0.1) is 18.1 Å². The van der Waals surface area contributed by atoms with Crippen molar-refractivity contribution in [2.75, 3.05) is 34.0 Å². The number of benzene rings is 1. The second-order valence-electron chi connectivity index (χ2n) is 11.9. The van der Waals surface area contributed by atoms with Gasteiger partial charge < -0.3 is 25.7 Å². The Balaban J connectivity index is 2.20. The number of likely N-dealkylation sites (N-methyl/N-ethyl adjacent to an activating group) is 2. The number of nitrogens with zero attached hydrogens (tertiary/aromatic N) is 2. The summed E-state index contributed by atoms with van der Waals surface area (Å²) >= 11 is 0. The Morgan fingerprint density at radius 2 is 1.64 bits per heavy atom. The molecule has 1 aliphatic carbocycles. The number of halogens is 1. The van der Waals surface area contributed by atoms with Gasteiger partial charge in [-0.05, 0) is 31.4 Å². The Kier molecular flexibility index (Phi) is 16.5. The van der Waals surface area contributed by atoms with E-state index in [0.717, 1.165) is 37.7 Å². The van der Waals surface area contributed by atoms with Gasteiger partial charge in [0, 0.05) is 39.4 Å². The number of carbonyl (C=O) groups excluding carboxylic acids is 3. The van der Waals surface area contributed by atoms with Crippen LogP contribution >= 0.6 is 0 Å². The quantitative estimate of drug-likeness (QED) is 0.149. The number of carbonyl (C=O) groups is 3. The normalized spacial score (nSPS) is 16.9. The molecule has 10 heteroatoms. The van der Waals surface area contributed by atoms with E-state index in [0.29, 0.717) is 13.0 Å². The van der Waals surface area contributed by atoms with Gasteiger partial charge >= 0.3 is 0 Å². The van der Waals surface area contributed by atoms with Gasteiger partial charge in [0.25, 0.3) is 0 Å². The largest absolute Gasteiger partial charge is 0.389 e. The summed E-state index contributed by atoms with van der Waals surface area (Å²) in [5, 5.41) is 26.9. The molecule has 9 nitrogen and oxygen atoms in total. The van der Waals surface area contributed by atoms with Crippen LogP contribution in [-0.4, -0.2) is 96.0 Å². The van der Waals surface area contributed by atoms with Crippen LogP contribution < -0.4 is 10.6 Å². The number of aliphatic hydroxyl groups is 2. The van der Waals surface area contributed by atoms with Gasteiger partial charge in [0.1, 0.15) is 18.9 Å². The number of hydrogen-bond acceptors (Lipinski definition) is 6. The Hall–Kier alpha value is -3.44. The molecule has 0 saturated heterocycles. The molecule has 0 aliphatic heterocycles. The summed E-state index contributed by atoms with van der Waals surface area (Å²) in [6, 6.07) is 7.33. The van der Waals surface area contributed by atoms with E-state index in [9.17, 15) is 29.0 Å². The Bertz CT molecular complexity index is 1110. The van der Waals surface area contributed by atoms with Crippen molar-refractivity contribution in [2.24, 2.45) is 11.8 Å². The number of aliphatic hydroxyl groups excluding tert-OH is 2. The lowest BCUT2D eigenvalue weighted by atomic mass is 9.82. The van der Waals surface area contributed by atoms with E-state index in [4.69, 9.17) is 12.8 Å². The minimum absolute atomic E-state index is 0.0730. The monoisotopic (exact) mass is 612 g/mol. The van der Waals surface area contributed by atoms with Crippen LogP contribution in [0.4, 0.5) is 4.39 Å². The number of nitrogens with one attached hydrogen (secondary N) is 2. The van der Waals surface area contributed by atoms with E-state index >= 15 is 0 Å². The van der Waals surface area contributed by atoms with E-state index in [-0.39, 0.29) is 44.1 Å². The van der Waals surface area contributed by atoms with Gasteiger partial charge in [0.15, 0.2) is 0 Å². The van der Waals surface area contributed by atoms with Crippen LogP contribution in [0.1, 0.15) is 63.4 Å². The predicted octanol–water partition coefficient (Wildman–Crippen LogP) is 2.26. The van der Waals surface area contributed by atoms with Crippen molar-refractivity contribution in [3.05, 3.63) is 35.9 Å². The maximum atomic E-state index is 13.6. The summed E-state index contributed by atoms with van der Waals surface area (Å²) in [5.74, 6) is 2.86. The van der Waals surface area contributed by atoms with Crippen molar-refractivity contribution >= 4 is 17.7 Å². The van der Waals surface area contributed by atoms with E-state index in [1.807, 2.05) is 30.3 Å². The molecule has 0 aromatic heterocycles. The molecule has 1 saturated carbocycles. The third-order valence-electron chi connectivity index (χ3n) is 8.29. The Labute approximate surface area is 262 Å². The van der Waals surface area contributed by atoms with Crippen LogP contribution in [0.3, 0.4) is 0 Å². The van der Waals surface area contributed by atoms with Crippen LogP contribution in [-0.2, 0) is 20.8 Å². The highest BCUT2D eigenvalue weighted by Crippen LogP contribution is 2.28. The van der Waals surface area contributed by atoms with Crippen LogP contribution in [0.15, 0.2) is 30.3 Å². The number of hydrogen-bond donors (Lipinski definition) is 4. The van der Waals surface area contributed by atoms with Crippen molar-refractivity contribution in [1.29, 1.82) is 0 Å². The number of rotatable bonds is 18. The average Bonchev–Trinajstić information content (AvgIpc) is 3.03. The first kappa shape index (κ1) is 36.8. The Morgan fingerprint density at radius 3 is 2.25 bits per heavy atom. The first-order valence-corrected chi connectivity index (χ1v) is 15.5. The third-order valence-corrected chi connectivity index (χ3v) is 8.29. The zero-order chi connectivity index (χ0) is 32.5. The molecule has 3 amide bonds. The van der Waals surface area contributed by atoms with Crippen molar-refractivity contribution in [1.82, 2.24) is 20.4 Å². The third kappa shape index (κ3) is 12.7. The van der Waals surface area contributed by atoms with Gasteiger partial charge in [-0.2, -0.15) is 0 Å². The molecule has 2 rings (SSSR count). The summed E-state index contributed by atoms with van der Waals surface area (Å²) in [7, 11) is 3.21. The predicted molar refractivity (Wildman–Crippen MR) is 168 cm³/mol. The van der Waals surface area contributed by atoms with Crippen molar-refractivity contribution < 1.29 is 29.0 Å². The molecule has 1 fully saturated rings. The molecule has 1 aromatic carbocycles. The van der Waals surface area contributed by atoms with Crippen molar-refractivity contribution in [3.8, 4) is 24.7 Å². The lowest BCUT2D eigenvalue weighted by Crippen LogP contribution is -2.55. The number of terminal acetylenes is 2. The molecule has 0 heterocycles. The highest BCUT2D eigenvalue weighted by atomic mass is 19.1. The van der Waals surface area contributed by atoms with E-state index in [2.05, 4.69) is 22.5 Å². The fraction of sp³-hybridized carbons (Fsp3) is 0.618. The number of alkyl halides is 1. The lowest BCUT2D eigenvalue weighted by Gasteiger charge is -2.33. The smallest absolute Gasteiger partial charge is 0.243 e. The highest BCUT2D eigenvalue weighted by molar-refractivity contribution is 5.91. The molecule has 0 spiro atoms.